The average molecular weight is 506 g/mol. The zero-order valence-electron chi connectivity index (χ0n) is 20.0. The number of anilines is 2. The van der Waals surface area contributed by atoms with Crippen LogP contribution in [-0.2, 0) is 14.6 Å². The third-order valence-electron chi connectivity index (χ3n) is 5.67. The van der Waals surface area contributed by atoms with Gasteiger partial charge < -0.3 is 19.5 Å². The predicted octanol–water partition coefficient (Wildman–Crippen LogP) is 4.27. The summed E-state index contributed by atoms with van der Waals surface area (Å²) < 4.78 is 48.8. The van der Waals surface area contributed by atoms with Gasteiger partial charge in [-0.15, -0.1) is 0 Å². The van der Waals surface area contributed by atoms with Crippen LogP contribution >= 0.6 is 0 Å². The molecule has 2 aromatic heterocycles. The van der Waals surface area contributed by atoms with Gasteiger partial charge in [-0.2, -0.15) is 0 Å². The number of piperidine rings is 1. The Labute approximate surface area is 202 Å². The lowest BCUT2D eigenvalue weighted by Gasteiger charge is -2.31. The van der Waals surface area contributed by atoms with Crippen molar-refractivity contribution in [3.05, 3.63) is 36.0 Å². The van der Waals surface area contributed by atoms with Gasteiger partial charge in [0.25, 0.3) is 0 Å². The van der Waals surface area contributed by atoms with Crippen molar-refractivity contribution in [2.75, 3.05) is 31.3 Å². The summed E-state index contributed by atoms with van der Waals surface area (Å²) in [5.74, 6) is -0.510. The number of benzene rings is 1. The molecule has 1 aliphatic heterocycles. The number of nitrogens with zero attached hydrogens (tertiary/aromatic N) is 4. The highest BCUT2D eigenvalue weighted by Crippen LogP contribution is 2.34. The summed E-state index contributed by atoms with van der Waals surface area (Å²) in [6, 6.07) is 3.58. The number of halogens is 1. The molecule has 0 radical (unpaired) electrons. The molecule has 0 atom stereocenters. The van der Waals surface area contributed by atoms with Gasteiger partial charge in [0.05, 0.1) is 17.2 Å². The summed E-state index contributed by atoms with van der Waals surface area (Å²) in [7, 11) is -3.53. The van der Waals surface area contributed by atoms with Gasteiger partial charge >= 0.3 is 6.09 Å². The lowest BCUT2D eigenvalue weighted by atomic mass is 9.93. The van der Waals surface area contributed by atoms with E-state index >= 15 is 0 Å². The smallest absolute Gasteiger partial charge is 0.409 e. The fraction of sp³-hybridized carbons (Fsp3) is 0.478. The molecule has 1 saturated heterocycles. The number of likely N-dealkylation sites (tertiary alicyclic amines) is 1. The number of rotatable bonds is 5. The number of hydrogen-bond acceptors (Lipinski definition) is 9. The highest BCUT2D eigenvalue weighted by atomic mass is 32.2. The summed E-state index contributed by atoms with van der Waals surface area (Å²) in [5, 5.41) is 7.04. The Kier molecular flexibility index (Phi) is 6.67. The van der Waals surface area contributed by atoms with Crippen molar-refractivity contribution in [1.29, 1.82) is 0 Å². The molecular formula is C23H28FN5O5S. The van der Waals surface area contributed by atoms with Crippen LogP contribution in [0.25, 0.3) is 11.1 Å². The summed E-state index contributed by atoms with van der Waals surface area (Å²) in [6.45, 7) is 7.42. The molecule has 1 aliphatic rings. The maximum Gasteiger partial charge on any atom is 0.409 e. The molecule has 3 heterocycles. The van der Waals surface area contributed by atoms with Crippen molar-refractivity contribution in [3.8, 4) is 0 Å². The van der Waals surface area contributed by atoms with Gasteiger partial charge in [0.1, 0.15) is 23.4 Å². The van der Waals surface area contributed by atoms with Crippen molar-refractivity contribution in [2.24, 2.45) is 5.41 Å². The van der Waals surface area contributed by atoms with E-state index in [0.29, 0.717) is 43.7 Å². The van der Waals surface area contributed by atoms with Crippen molar-refractivity contribution >= 4 is 38.5 Å². The van der Waals surface area contributed by atoms with Gasteiger partial charge in [0.15, 0.2) is 15.7 Å². The van der Waals surface area contributed by atoms with Gasteiger partial charge in [0.2, 0.25) is 5.58 Å². The van der Waals surface area contributed by atoms with Gasteiger partial charge in [-0.3, -0.25) is 0 Å². The Bertz CT molecular complexity index is 1340. The number of nitrogens with one attached hydrogen (secondary N) is 1. The molecule has 0 spiro atoms. The Hall–Kier alpha value is -3.28. The average Bonchev–Trinajstić information content (AvgIpc) is 3.23. The number of carbonyl (C=O) groups excluding carboxylic acids is 1. The minimum absolute atomic E-state index is 0.0245. The van der Waals surface area contributed by atoms with Gasteiger partial charge in [-0.25, -0.2) is 27.6 Å². The zero-order chi connectivity index (χ0) is 25.4. The van der Waals surface area contributed by atoms with Crippen molar-refractivity contribution in [3.63, 3.8) is 0 Å². The predicted molar refractivity (Wildman–Crippen MR) is 127 cm³/mol. The van der Waals surface area contributed by atoms with Crippen LogP contribution in [0.2, 0.25) is 0 Å². The van der Waals surface area contributed by atoms with Gasteiger partial charge in [-0.05, 0) is 36.5 Å². The fourth-order valence-corrected chi connectivity index (χ4v) is 4.43. The molecule has 10 nitrogen and oxygen atoms in total. The van der Waals surface area contributed by atoms with Crippen LogP contribution in [0.15, 0.2) is 33.9 Å². The Morgan fingerprint density at radius 3 is 2.60 bits per heavy atom. The molecular weight excluding hydrogens is 477 g/mol. The maximum absolute atomic E-state index is 14.5. The monoisotopic (exact) mass is 505 g/mol. The van der Waals surface area contributed by atoms with Crippen LogP contribution in [0.4, 0.5) is 20.7 Å². The van der Waals surface area contributed by atoms with E-state index in [-0.39, 0.29) is 39.4 Å². The highest BCUT2D eigenvalue weighted by Gasteiger charge is 2.30. The van der Waals surface area contributed by atoms with Crippen LogP contribution in [-0.4, -0.2) is 60.5 Å². The molecule has 3 aromatic rings. The summed E-state index contributed by atoms with van der Waals surface area (Å²) in [5.41, 5.74) is 1.36. The van der Waals surface area contributed by atoms with Crippen LogP contribution in [0.1, 0.15) is 45.2 Å². The Balaban J connectivity index is 1.48. The van der Waals surface area contributed by atoms with E-state index in [1.54, 1.807) is 4.90 Å². The molecule has 1 N–H and O–H groups in total. The first kappa shape index (κ1) is 24.8. The molecule has 188 valence electrons. The van der Waals surface area contributed by atoms with E-state index in [1.165, 1.54) is 18.5 Å². The standard InChI is InChI=1S/C23H28FN5O5S/c1-23(2,3)12-33-22(30)29-9-7-14(8-10-29)18-19-20(34-28-18)21(26-13-25-19)27-17-6-5-15(11-16(17)24)35(4,31)32/h5-6,11,13-14H,7-10,12H2,1-4H3,(H,25,26,27). The number of fused-ring (bicyclic) bond motifs is 1. The molecule has 4 rings (SSSR count). The second kappa shape index (κ2) is 9.40. The number of ether oxygens (including phenoxy) is 1. The molecule has 1 fully saturated rings. The second-order valence-corrected chi connectivity index (χ2v) is 11.9. The van der Waals surface area contributed by atoms with Crippen LogP contribution < -0.4 is 5.32 Å². The molecule has 1 aromatic carbocycles. The van der Waals surface area contributed by atoms with E-state index in [2.05, 4.69) is 20.4 Å². The summed E-state index contributed by atoms with van der Waals surface area (Å²) >= 11 is 0. The van der Waals surface area contributed by atoms with Crippen molar-refractivity contribution < 1.29 is 26.9 Å². The topological polar surface area (TPSA) is 128 Å². The Morgan fingerprint density at radius 1 is 1.26 bits per heavy atom. The van der Waals surface area contributed by atoms with E-state index in [4.69, 9.17) is 9.26 Å². The third kappa shape index (κ3) is 5.69. The van der Waals surface area contributed by atoms with Crippen LogP contribution in [0.5, 0.6) is 0 Å². The van der Waals surface area contributed by atoms with Crippen molar-refractivity contribution in [1.82, 2.24) is 20.0 Å². The molecule has 0 bridgehead atoms. The third-order valence-corrected chi connectivity index (χ3v) is 6.78. The molecule has 1 amide bonds. The minimum Gasteiger partial charge on any atom is -0.449 e. The first-order chi connectivity index (χ1) is 16.4. The van der Waals surface area contributed by atoms with E-state index < -0.39 is 15.7 Å². The second-order valence-electron chi connectivity index (χ2n) is 9.88. The fourth-order valence-electron chi connectivity index (χ4n) is 3.80. The summed E-state index contributed by atoms with van der Waals surface area (Å²) in [4.78, 5) is 22.4. The number of carbonyl (C=O) groups is 1. The largest absolute Gasteiger partial charge is 0.449 e. The number of hydrogen-bond donors (Lipinski definition) is 1. The molecule has 0 aliphatic carbocycles. The maximum atomic E-state index is 14.5. The van der Waals surface area contributed by atoms with E-state index in [1.807, 2.05) is 20.8 Å². The van der Waals surface area contributed by atoms with Gasteiger partial charge in [-0.1, -0.05) is 25.9 Å². The first-order valence-electron chi connectivity index (χ1n) is 11.2. The minimum atomic E-state index is -3.53. The number of amides is 1. The van der Waals surface area contributed by atoms with Crippen LogP contribution in [0, 0.1) is 11.2 Å². The lowest BCUT2D eigenvalue weighted by Crippen LogP contribution is -2.39. The Morgan fingerprint density at radius 2 is 1.97 bits per heavy atom. The van der Waals surface area contributed by atoms with Crippen LogP contribution in [0.3, 0.4) is 0 Å². The number of aromatic nitrogens is 3. The molecule has 0 unspecified atom stereocenters. The van der Waals surface area contributed by atoms with E-state index in [9.17, 15) is 17.6 Å². The SMILES string of the molecule is CC(C)(C)COC(=O)N1CCC(c2noc3c(Nc4ccc(S(C)(=O)=O)cc4F)ncnc23)CC1. The van der Waals surface area contributed by atoms with E-state index in [0.717, 1.165) is 12.3 Å². The number of sulfone groups is 1. The lowest BCUT2D eigenvalue weighted by molar-refractivity contribution is 0.0653. The molecule has 0 saturated carbocycles. The molecule has 12 heteroatoms. The quantitative estimate of drug-likeness (QED) is 0.541. The zero-order valence-corrected chi connectivity index (χ0v) is 20.9. The highest BCUT2D eigenvalue weighted by molar-refractivity contribution is 7.90. The molecule has 35 heavy (non-hydrogen) atoms. The normalized spacial score (nSPS) is 15.4. The van der Waals surface area contributed by atoms with Gasteiger partial charge in [0, 0.05) is 25.3 Å². The first-order valence-corrected chi connectivity index (χ1v) is 13.1. The van der Waals surface area contributed by atoms with Crippen molar-refractivity contribution in [2.45, 2.75) is 44.4 Å². The summed E-state index contributed by atoms with van der Waals surface area (Å²) in [6.07, 6.45) is 3.35.